The summed E-state index contributed by atoms with van der Waals surface area (Å²) >= 11 is 15.0. The summed E-state index contributed by atoms with van der Waals surface area (Å²) in [5.41, 5.74) is 4.37. The fraction of sp³-hybridized carbons (Fsp3) is 0.333. The monoisotopic (exact) mass is 398 g/mol. The van der Waals surface area contributed by atoms with Gasteiger partial charge in [0.1, 0.15) is 6.61 Å². The van der Waals surface area contributed by atoms with Gasteiger partial charge in [-0.15, -0.1) is 0 Å². The number of hydrogen-bond acceptors (Lipinski definition) is 4. The largest absolute Gasteiger partial charge is 0.481 e. The molecule has 0 aromatic heterocycles. The fourth-order valence-electron chi connectivity index (χ4n) is 1.21. The molecule has 0 fully saturated rings. The predicted molar refractivity (Wildman–Crippen MR) is 82.4 cm³/mol. The molecule has 0 atom stereocenters. The van der Waals surface area contributed by atoms with Gasteiger partial charge in [-0.1, -0.05) is 23.2 Å². The van der Waals surface area contributed by atoms with Crippen molar-refractivity contribution in [1.29, 1.82) is 0 Å². The number of halogens is 3. The molecule has 2 amide bonds. The lowest BCUT2D eigenvalue weighted by Gasteiger charge is -2.11. The zero-order valence-electron chi connectivity index (χ0n) is 11.0. The molecular weight excluding hydrogens is 387 g/mol. The van der Waals surface area contributed by atoms with Crippen molar-refractivity contribution in [1.82, 2.24) is 10.9 Å². The van der Waals surface area contributed by atoms with Crippen LogP contribution in [0.15, 0.2) is 16.6 Å². The van der Waals surface area contributed by atoms with Crippen molar-refractivity contribution in [3.63, 3.8) is 0 Å². The van der Waals surface area contributed by atoms with Crippen molar-refractivity contribution in [3.8, 4) is 5.75 Å². The number of amides is 2. The summed E-state index contributed by atoms with van der Waals surface area (Å²) < 4.78 is 10.7. The maximum Gasteiger partial charge on any atom is 0.276 e. The van der Waals surface area contributed by atoms with Gasteiger partial charge in [0.15, 0.2) is 12.4 Å². The molecule has 1 aromatic rings. The van der Waals surface area contributed by atoms with Gasteiger partial charge in [-0.3, -0.25) is 20.4 Å². The minimum absolute atomic E-state index is 0.133. The molecule has 9 heteroatoms. The molecule has 0 saturated heterocycles. The highest BCUT2D eigenvalue weighted by atomic mass is 79.9. The Morgan fingerprint density at radius 1 is 1.19 bits per heavy atom. The number of hydrazine groups is 1. The Bertz CT molecular complexity index is 505. The minimum Gasteiger partial charge on any atom is -0.481 e. The second-order valence-corrected chi connectivity index (χ2v) is 5.42. The van der Waals surface area contributed by atoms with E-state index in [1.807, 2.05) is 0 Å². The number of ether oxygens (including phenoxy) is 2. The lowest BCUT2D eigenvalue weighted by atomic mass is 10.3. The van der Waals surface area contributed by atoms with Crippen LogP contribution >= 0.6 is 39.1 Å². The molecular formula is C12H13BrCl2N2O4. The Labute approximate surface area is 140 Å². The Morgan fingerprint density at radius 2 is 1.81 bits per heavy atom. The van der Waals surface area contributed by atoms with E-state index in [0.717, 1.165) is 0 Å². The van der Waals surface area contributed by atoms with Crippen LogP contribution in [0, 0.1) is 0 Å². The van der Waals surface area contributed by atoms with Crippen LogP contribution in [0.5, 0.6) is 5.75 Å². The van der Waals surface area contributed by atoms with Gasteiger partial charge in [-0.2, -0.15) is 0 Å². The number of nitrogens with one attached hydrogen (secondary N) is 2. The van der Waals surface area contributed by atoms with Gasteiger partial charge in [0.05, 0.1) is 9.50 Å². The quantitative estimate of drug-likeness (QED) is 0.719. The van der Waals surface area contributed by atoms with E-state index in [9.17, 15) is 9.59 Å². The Kier molecular flexibility index (Phi) is 7.81. The molecule has 0 bridgehead atoms. The number of hydrogen-bond donors (Lipinski definition) is 2. The molecule has 1 aromatic carbocycles. The van der Waals surface area contributed by atoms with Crippen molar-refractivity contribution in [2.75, 3.05) is 19.8 Å². The van der Waals surface area contributed by atoms with Crippen LogP contribution in [0.4, 0.5) is 0 Å². The predicted octanol–water partition coefficient (Wildman–Crippen LogP) is 2.32. The Hall–Kier alpha value is -1.02. The van der Waals surface area contributed by atoms with E-state index in [2.05, 4.69) is 26.8 Å². The highest BCUT2D eigenvalue weighted by Crippen LogP contribution is 2.35. The first-order chi connectivity index (χ1) is 9.93. The third kappa shape index (κ3) is 6.52. The first kappa shape index (κ1) is 18.0. The van der Waals surface area contributed by atoms with Crippen LogP contribution < -0.4 is 15.6 Å². The summed E-state index contributed by atoms with van der Waals surface area (Å²) in [4.78, 5) is 22.7. The van der Waals surface area contributed by atoms with Crippen LogP contribution in [-0.4, -0.2) is 31.6 Å². The van der Waals surface area contributed by atoms with Gasteiger partial charge in [0.25, 0.3) is 11.8 Å². The van der Waals surface area contributed by atoms with E-state index < -0.39 is 11.8 Å². The van der Waals surface area contributed by atoms with Gasteiger partial charge >= 0.3 is 0 Å². The third-order valence-electron chi connectivity index (χ3n) is 2.09. The van der Waals surface area contributed by atoms with E-state index in [-0.39, 0.29) is 24.0 Å². The standard InChI is InChI=1S/C12H13BrCl2N2O4/c1-2-20-5-10(18)16-17-11(19)6-21-12-8(13)3-7(14)4-9(12)15/h3-4H,2,5-6H2,1H3,(H,16,18)(H,17,19). The van der Waals surface area contributed by atoms with Crippen LogP contribution in [0.25, 0.3) is 0 Å². The molecule has 0 aliphatic heterocycles. The average molecular weight is 400 g/mol. The van der Waals surface area contributed by atoms with Crippen LogP contribution in [-0.2, 0) is 14.3 Å². The normalized spacial score (nSPS) is 10.1. The van der Waals surface area contributed by atoms with Crippen molar-refractivity contribution in [3.05, 3.63) is 26.7 Å². The van der Waals surface area contributed by atoms with Crippen LogP contribution in [0.3, 0.4) is 0 Å². The topological polar surface area (TPSA) is 76.7 Å². The molecule has 0 radical (unpaired) electrons. The summed E-state index contributed by atoms with van der Waals surface area (Å²) in [6.45, 7) is 1.71. The summed E-state index contributed by atoms with van der Waals surface area (Å²) in [5.74, 6) is -0.717. The minimum atomic E-state index is -0.544. The maximum absolute atomic E-state index is 11.5. The van der Waals surface area contributed by atoms with Gasteiger partial charge < -0.3 is 9.47 Å². The molecule has 2 N–H and O–H groups in total. The lowest BCUT2D eigenvalue weighted by Crippen LogP contribution is -2.45. The number of carbonyl (C=O) groups is 2. The first-order valence-corrected chi connectivity index (χ1v) is 7.41. The molecule has 0 unspecified atom stereocenters. The van der Waals surface area contributed by atoms with Crippen LogP contribution in [0.1, 0.15) is 6.92 Å². The second-order valence-electron chi connectivity index (χ2n) is 3.72. The van der Waals surface area contributed by atoms with E-state index >= 15 is 0 Å². The van der Waals surface area contributed by atoms with Gasteiger partial charge in [-0.25, -0.2) is 0 Å². The molecule has 6 nitrogen and oxygen atoms in total. The highest BCUT2D eigenvalue weighted by molar-refractivity contribution is 9.10. The van der Waals surface area contributed by atoms with Crippen molar-refractivity contribution >= 4 is 50.9 Å². The highest BCUT2D eigenvalue weighted by Gasteiger charge is 2.11. The summed E-state index contributed by atoms with van der Waals surface area (Å²) in [5, 5.41) is 0.703. The zero-order chi connectivity index (χ0) is 15.8. The first-order valence-electron chi connectivity index (χ1n) is 5.86. The van der Waals surface area contributed by atoms with Crippen LogP contribution in [0.2, 0.25) is 10.0 Å². The molecule has 0 saturated carbocycles. The summed E-state index contributed by atoms with van der Waals surface area (Å²) in [7, 11) is 0. The third-order valence-corrected chi connectivity index (χ3v) is 3.18. The number of carbonyl (C=O) groups excluding carboxylic acids is 2. The number of benzene rings is 1. The smallest absolute Gasteiger partial charge is 0.276 e. The SMILES string of the molecule is CCOCC(=O)NNC(=O)COc1c(Cl)cc(Cl)cc1Br. The molecule has 0 aliphatic rings. The summed E-state index contributed by atoms with van der Waals surface area (Å²) in [6.07, 6.45) is 0. The van der Waals surface area contributed by atoms with E-state index in [4.69, 9.17) is 32.7 Å². The number of rotatable bonds is 6. The van der Waals surface area contributed by atoms with Crippen molar-refractivity contribution < 1.29 is 19.1 Å². The van der Waals surface area contributed by atoms with Gasteiger partial charge in [-0.05, 0) is 35.0 Å². The molecule has 116 valence electrons. The van der Waals surface area contributed by atoms with Crippen molar-refractivity contribution in [2.45, 2.75) is 6.92 Å². The molecule has 21 heavy (non-hydrogen) atoms. The second kappa shape index (κ2) is 9.09. The Morgan fingerprint density at radius 3 is 2.38 bits per heavy atom. The zero-order valence-corrected chi connectivity index (χ0v) is 14.1. The molecule has 0 heterocycles. The van der Waals surface area contributed by atoms with Gasteiger partial charge in [0, 0.05) is 11.6 Å². The lowest BCUT2D eigenvalue weighted by molar-refractivity contribution is -0.132. The maximum atomic E-state index is 11.5. The van der Waals surface area contributed by atoms with Crippen molar-refractivity contribution in [2.24, 2.45) is 0 Å². The molecule has 0 aliphatic carbocycles. The molecule has 0 spiro atoms. The average Bonchev–Trinajstić information content (AvgIpc) is 2.41. The van der Waals surface area contributed by atoms with Gasteiger partial charge in [0.2, 0.25) is 0 Å². The van der Waals surface area contributed by atoms with E-state index in [1.165, 1.54) is 6.07 Å². The van der Waals surface area contributed by atoms with E-state index in [0.29, 0.717) is 16.1 Å². The van der Waals surface area contributed by atoms with E-state index in [1.54, 1.807) is 13.0 Å². The summed E-state index contributed by atoms with van der Waals surface area (Å²) in [6, 6.07) is 3.08. The Balaban J connectivity index is 2.42. The fourth-order valence-corrected chi connectivity index (χ4v) is 2.58. The molecule has 1 rings (SSSR count).